The summed E-state index contributed by atoms with van der Waals surface area (Å²) in [5.41, 5.74) is 1.01. The monoisotopic (exact) mass is 337 g/mol. The molecule has 4 heterocycles. The first-order valence-electron chi connectivity index (χ1n) is 8.28. The molecular formula is C18H19N5O2. The van der Waals surface area contributed by atoms with Crippen LogP contribution in [0.2, 0.25) is 0 Å². The Balaban J connectivity index is 1.68. The van der Waals surface area contributed by atoms with E-state index in [0.717, 1.165) is 29.4 Å². The lowest BCUT2D eigenvalue weighted by molar-refractivity contribution is -0.0479. The molecule has 0 bridgehead atoms. The van der Waals surface area contributed by atoms with Crippen LogP contribution >= 0.6 is 0 Å². The van der Waals surface area contributed by atoms with Crippen LogP contribution in [0.15, 0.2) is 24.5 Å². The maximum atomic E-state index is 10.7. The molecule has 2 N–H and O–H groups in total. The lowest BCUT2D eigenvalue weighted by atomic mass is 9.93. The van der Waals surface area contributed by atoms with Crippen molar-refractivity contribution in [2.45, 2.75) is 18.4 Å². The molecule has 0 aromatic carbocycles. The van der Waals surface area contributed by atoms with E-state index in [2.05, 4.69) is 33.0 Å². The van der Waals surface area contributed by atoms with Crippen molar-refractivity contribution in [3.05, 3.63) is 30.2 Å². The second kappa shape index (κ2) is 5.99. The molecule has 128 valence electrons. The van der Waals surface area contributed by atoms with Crippen molar-refractivity contribution in [2.75, 3.05) is 26.7 Å². The molecule has 25 heavy (non-hydrogen) atoms. The van der Waals surface area contributed by atoms with Crippen LogP contribution in [0.4, 0.5) is 0 Å². The van der Waals surface area contributed by atoms with Crippen LogP contribution in [0.5, 0.6) is 5.75 Å². The number of nitrogens with one attached hydrogen (secondary N) is 1. The summed E-state index contributed by atoms with van der Waals surface area (Å²) in [5, 5.41) is 21.5. The molecule has 1 saturated heterocycles. The molecule has 0 saturated carbocycles. The third kappa shape index (κ3) is 2.90. The van der Waals surface area contributed by atoms with Crippen LogP contribution in [0.1, 0.15) is 18.5 Å². The van der Waals surface area contributed by atoms with Gasteiger partial charge < -0.3 is 19.7 Å². The average molecular weight is 337 g/mol. The van der Waals surface area contributed by atoms with Gasteiger partial charge in [-0.2, -0.15) is 5.26 Å². The normalized spacial score (nSPS) is 17.6. The van der Waals surface area contributed by atoms with Crippen molar-refractivity contribution in [1.82, 2.24) is 19.9 Å². The maximum absolute atomic E-state index is 10.7. The van der Waals surface area contributed by atoms with Gasteiger partial charge in [0.15, 0.2) is 0 Å². The van der Waals surface area contributed by atoms with Crippen molar-refractivity contribution in [3.63, 3.8) is 0 Å². The first-order valence-corrected chi connectivity index (χ1v) is 8.28. The van der Waals surface area contributed by atoms with Crippen LogP contribution in [-0.4, -0.2) is 57.3 Å². The molecule has 0 amide bonds. The smallest absolute Gasteiger partial charge is 0.142 e. The van der Waals surface area contributed by atoms with Gasteiger partial charge in [0, 0.05) is 24.7 Å². The van der Waals surface area contributed by atoms with Crippen LogP contribution in [-0.2, 0) is 0 Å². The van der Waals surface area contributed by atoms with Crippen molar-refractivity contribution in [3.8, 4) is 11.8 Å². The number of ether oxygens (including phenoxy) is 1. The quantitative estimate of drug-likeness (QED) is 0.756. The SMILES string of the molecule is CN1CCC(O)(COc2ccnc3[nH]c4cnc(C#N)cc4c23)CC1. The van der Waals surface area contributed by atoms with Gasteiger partial charge in [0.2, 0.25) is 0 Å². The summed E-state index contributed by atoms with van der Waals surface area (Å²) in [4.78, 5) is 13.8. The first kappa shape index (κ1) is 15.8. The zero-order valence-electron chi connectivity index (χ0n) is 14.0. The number of likely N-dealkylation sites (tertiary alicyclic amines) is 1. The second-order valence-corrected chi connectivity index (χ2v) is 6.70. The molecule has 0 radical (unpaired) electrons. The highest BCUT2D eigenvalue weighted by Gasteiger charge is 2.32. The highest BCUT2D eigenvalue weighted by molar-refractivity contribution is 6.09. The van der Waals surface area contributed by atoms with Gasteiger partial charge in [-0.05, 0) is 32.0 Å². The zero-order chi connectivity index (χ0) is 17.4. The summed E-state index contributed by atoms with van der Waals surface area (Å²) >= 11 is 0. The number of H-pyrrole nitrogens is 1. The first-order chi connectivity index (χ1) is 12.1. The van der Waals surface area contributed by atoms with Crippen LogP contribution < -0.4 is 4.74 Å². The number of aromatic amines is 1. The number of rotatable bonds is 3. The minimum Gasteiger partial charge on any atom is -0.490 e. The molecule has 7 heteroatoms. The Labute approximate surface area is 144 Å². The highest BCUT2D eigenvalue weighted by Crippen LogP contribution is 2.33. The predicted octanol–water partition coefficient (Wildman–Crippen LogP) is 1.82. The number of aromatic nitrogens is 3. The van der Waals surface area contributed by atoms with Crippen molar-refractivity contribution in [1.29, 1.82) is 5.26 Å². The summed E-state index contributed by atoms with van der Waals surface area (Å²) in [5.74, 6) is 0.652. The van der Waals surface area contributed by atoms with Crippen molar-refractivity contribution >= 4 is 21.9 Å². The van der Waals surface area contributed by atoms with Crippen molar-refractivity contribution < 1.29 is 9.84 Å². The van der Waals surface area contributed by atoms with Gasteiger partial charge in [0.25, 0.3) is 0 Å². The Bertz CT molecular complexity index is 967. The Morgan fingerprint density at radius 3 is 2.96 bits per heavy atom. The second-order valence-electron chi connectivity index (χ2n) is 6.70. The van der Waals surface area contributed by atoms with E-state index in [9.17, 15) is 5.11 Å². The molecule has 0 atom stereocenters. The van der Waals surface area contributed by atoms with Gasteiger partial charge in [-0.3, -0.25) is 0 Å². The van der Waals surface area contributed by atoms with Gasteiger partial charge in [-0.1, -0.05) is 0 Å². The molecule has 0 spiro atoms. The third-order valence-corrected chi connectivity index (χ3v) is 4.87. The van der Waals surface area contributed by atoms with E-state index in [4.69, 9.17) is 10.00 Å². The molecule has 1 aliphatic rings. The molecule has 1 fully saturated rings. The summed E-state index contributed by atoms with van der Waals surface area (Å²) in [6, 6.07) is 5.58. The van der Waals surface area contributed by atoms with E-state index in [1.165, 1.54) is 0 Å². The molecule has 3 aromatic rings. The van der Waals surface area contributed by atoms with E-state index >= 15 is 0 Å². The number of pyridine rings is 2. The predicted molar refractivity (Wildman–Crippen MR) is 93.3 cm³/mol. The summed E-state index contributed by atoms with van der Waals surface area (Å²) < 4.78 is 6.01. The fourth-order valence-corrected chi connectivity index (χ4v) is 3.26. The zero-order valence-corrected chi connectivity index (χ0v) is 14.0. The molecule has 1 aliphatic heterocycles. The van der Waals surface area contributed by atoms with E-state index in [1.807, 2.05) is 0 Å². The Morgan fingerprint density at radius 2 is 2.20 bits per heavy atom. The number of hydrogen-bond donors (Lipinski definition) is 2. The number of nitrogens with zero attached hydrogens (tertiary/aromatic N) is 4. The number of fused-ring (bicyclic) bond motifs is 3. The average Bonchev–Trinajstić information content (AvgIpc) is 3.01. The van der Waals surface area contributed by atoms with Gasteiger partial charge >= 0.3 is 0 Å². The van der Waals surface area contributed by atoms with Crippen LogP contribution in [0.25, 0.3) is 21.9 Å². The molecule has 4 rings (SSSR count). The van der Waals surface area contributed by atoms with Crippen LogP contribution in [0.3, 0.4) is 0 Å². The van der Waals surface area contributed by atoms with Crippen LogP contribution in [0, 0.1) is 11.3 Å². The number of hydrogen-bond acceptors (Lipinski definition) is 6. The number of nitriles is 1. The fourth-order valence-electron chi connectivity index (χ4n) is 3.26. The molecular weight excluding hydrogens is 318 g/mol. The largest absolute Gasteiger partial charge is 0.490 e. The molecule has 3 aromatic heterocycles. The summed E-state index contributed by atoms with van der Waals surface area (Å²) in [7, 11) is 2.06. The maximum Gasteiger partial charge on any atom is 0.142 e. The molecule has 0 aliphatic carbocycles. The molecule has 0 unspecified atom stereocenters. The fraction of sp³-hybridized carbons (Fsp3) is 0.389. The minimum atomic E-state index is -0.812. The minimum absolute atomic E-state index is 0.239. The van der Waals surface area contributed by atoms with Gasteiger partial charge in [-0.25, -0.2) is 9.97 Å². The lowest BCUT2D eigenvalue weighted by Gasteiger charge is -2.36. The van der Waals surface area contributed by atoms with E-state index in [1.54, 1.807) is 24.5 Å². The Morgan fingerprint density at radius 1 is 1.40 bits per heavy atom. The number of piperidine rings is 1. The number of aliphatic hydroxyl groups is 1. The lowest BCUT2D eigenvalue weighted by Crippen LogP contribution is -2.46. The summed E-state index contributed by atoms with van der Waals surface area (Å²) in [6.45, 7) is 1.95. The van der Waals surface area contributed by atoms with Gasteiger partial charge in [-0.15, -0.1) is 0 Å². The molecule has 7 nitrogen and oxygen atoms in total. The third-order valence-electron chi connectivity index (χ3n) is 4.87. The van der Waals surface area contributed by atoms with E-state index in [0.29, 0.717) is 29.9 Å². The van der Waals surface area contributed by atoms with E-state index < -0.39 is 5.60 Å². The van der Waals surface area contributed by atoms with Gasteiger partial charge in [0.1, 0.15) is 35.4 Å². The van der Waals surface area contributed by atoms with Gasteiger partial charge in [0.05, 0.1) is 17.1 Å². The Kier molecular flexibility index (Phi) is 3.79. The Hall–Kier alpha value is -2.69. The van der Waals surface area contributed by atoms with Crippen molar-refractivity contribution in [2.24, 2.45) is 0 Å². The topological polar surface area (TPSA) is 98.1 Å². The highest BCUT2D eigenvalue weighted by atomic mass is 16.5. The standard InChI is InChI=1S/C18H19N5O2/c1-23-6-3-18(24,4-7-23)11-25-15-2-5-20-17-16(15)13-8-12(9-19)21-10-14(13)22-17/h2,5,8,10,24H,3-4,6-7,11H2,1H3,(H,20,22). The van der Waals surface area contributed by atoms with E-state index in [-0.39, 0.29) is 6.61 Å². The summed E-state index contributed by atoms with van der Waals surface area (Å²) in [6.07, 6.45) is 4.68.